The maximum absolute atomic E-state index is 11.4. The molecule has 0 aliphatic rings. The minimum absolute atomic E-state index is 0.180. The molecule has 1 aromatic rings. The summed E-state index contributed by atoms with van der Waals surface area (Å²) in [5.41, 5.74) is 2.16. The minimum atomic E-state index is -0.215. The quantitative estimate of drug-likeness (QED) is 0.345. The first-order chi connectivity index (χ1) is 6.65. The highest BCUT2D eigenvalue weighted by Gasteiger charge is 2.23. The number of nitrogens with one attached hydrogen (secondary N) is 1. The fourth-order valence-electron chi connectivity index (χ4n) is 0.898. The van der Waals surface area contributed by atoms with Gasteiger partial charge in [-0.1, -0.05) is 25.6 Å². The van der Waals surface area contributed by atoms with Gasteiger partial charge in [0.25, 0.3) is 0 Å². The standard InChI is InChI=1S/C7H12N4OS2/c1-4(2)5(6(12)11-8)13-7-9-3-10-14-7/h3-5H,8H2,1-2H3,(H,11,12). The van der Waals surface area contributed by atoms with Crippen LogP contribution in [-0.2, 0) is 4.79 Å². The number of nitrogens with two attached hydrogens (primary N) is 1. The van der Waals surface area contributed by atoms with Gasteiger partial charge in [0.15, 0.2) is 4.34 Å². The SMILES string of the molecule is CC(C)C(Sc1ncns1)C(=O)NN. The van der Waals surface area contributed by atoms with E-state index in [-0.39, 0.29) is 17.1 Å². The molecule has 78 valence electrons. The molecule has 3 N–H and O–H groups in total. The number of hydrogen-bond donors (Lipinski definition) is 2. The summed E-state index contributed by atoms with van der Waals surface area (Å²) in [6, 6.07) is 0. The lowest BCUT2D eigenvalue weighted by atomic mass is 10.1. The number of thioether (sulfide) groups is 1. The largest absolute Gasteiger partial charge is 0.293 e. The molecule has 1 heterocycles. The second-order valence-electron chi connectivity index (χ2n) is 3.00. The molecule has 0 aromatic carbocycles. The van der Waals surface area contributed by atoms with Crippen molar-refractivity contribution in [3.8, 4) is 0 Å². The normalized spacial score (nSPS) is 12.9. The highest BCUT2D eigenvalue weighted by molar-refractivity contribution is 8.02. The lowest BCUT2D eigenvalue weighted by molar-refractivity contribution is -0.121. The molecular formula is C7H12N4OS2. The predicted molar refractivity (Wildman–Crippen MR) is 56.7 cm³/mol. The van der Waals surface area contributed by atoms with Crippen LogP contribution in [0.2, 0.25) is 0 Å². The minimum Gasteiger partial charge on any atom is -0.293 e. The monoisotopic (exact) mass is 232 g/mol. The molecule has 0 saturated carbocycles. The number of nitrogens with zero attached hydrogens (tertiary/aromatic N) is 2. The van der Waals surface area contributed by atoms with Gasteiger partial charge in [0.2, 0.25) is 5.91 Å². The molecular weight excluding hydrogens is 220 g/mol. The number of hydrogen-bond acceptors (Lipinski definition) is 6. The summed E-state index contributed by atoms with van der Waals surface area (Å²) >= 11 is 2.67. The zero-order valence-corrected chi connectivity index (χ0v) is 9.56. The third-order valence-electron chi connectivity index (χ3n) is 1.58. The van der Waals surface area contributed by atoms with Crippen LogP contribution in [0.15, 0.2) is 10.7 Å². The highest BCUT2D eigenvalue weighted by Crippen LogP contribution is 2.28. The first kappa shape index (κ1) is 11.4. The van der Waals surface area contributed by atoms with E-state index in [0.717, 1.165) is 4.34 Å². The van der Waals surface area contributed by atoms with E-state index < -0.39 is 0 Å². The van der Waals surface area contributed by atoms with Crippen molar-refractivity contribution >= 4 is 29.2 Å². The fourth-order valence-corrected chi connectivity index (χ4v) is 2.56. The van der Waals surface area contributed by atoms with E-state index in [1.807, 2.05) is 13.8 Å². The summed E-state index contributed by atoms with van der Waals surface area (Å²) < 4.78 is 4.65. The Morgan fingerprint density at radius 2 is 2.43 bits per heavy atom. The number of carbonyl (C=O) groups is 1. The molecule has 0 aliphatic heterocycles. The Kier molecular flexibility index (Phi) is 4.30. The van der Waals surface area contributed by atoms with Gasteiger partial charge in [0, 0.05) is 0 Å². The van der Waals surface area contributed by atoms with Gasteiger partial charge >= 0.3 is 0 Å². The molecule has 1 rings (SSSR count). The second-order valence-corrected chi connectivity index (χ2v) is 5.17. The lowest BCUT2D eigenvalue weighted by Crippen LogP contribution is -2.39. The molecule has 0 spiro atoms. The maximum Gasteiger partial charge on any atom is 0.247 e. The summed E-state index contributed by atoms with van der Waals surface area (Å²) in [5, 5.41) is -0.215. The average Bonchev–Trinajstić information content (AvgIpc) is 2.65. The van der Waals surface area contributed by atoms with Gasteiger partial charge in [-0.15, -0.1) is 0 Å². The Hall–Kier alpha value is -0.660. The molecule has 1 unspecified atom stereocenters. The third kappa shape index (κ3) is 2.93. The zero-order valence-electron chi connectivity index (χ0n) is 7.93. The topological polar surface area (TPSA) is 80.9 Å². The van der Waals surface area contributed by atoms with Crippen LogP contribution in [0.5, 0.6) is 0 Å². The van der Waals surface area contributed by atoms with Crippen LogP contribution in [0, 0.1) is 5.92 Å². The fraction of sp³-hybridized carbons (Fsp3) is 0.571. The maximum atomic E-state index is 11.4. The summed E-state index contributed by atoms with van der Waals surface area (Å²) in [4.78, 5) is 15.4. The summed E-state index contributed by atoms with van der Waals surface area (Å²) in [5.74, 6) is 5.12. The highest BCUT2D eigenvalue weighted by atomic mass is 32.2. The van der Waals surface area contributed by atoms with Crippen molar-refractivity contribution in [1.82, 2.24) is 14.8 Å². The van der Waals surface area contributed by atoms with Crippen molar-refractivity contribution in [3.63, 3.8) is 0 Å². The number of carbonyl (C=O) groups excluding carboxylic acids is 1. The predicted octanol–water partition coefficient (Wildman–Crippen LogP) is 0.645. The van der Waals surface area contributed by atoms with Gasteiger partial charge in [-0.25, -0.2) is 10.8 Å². The number of rotatable bonds is 4. The lowest BCUT2D eigenvalue weighted by Gasteiger charge is -2.16. The average molecular weight is 232 g/mol. The van der Waals surface area contributed by atoms with E-state index in [2.05, 4.69) is 14.8 Å². The first-order valence-corrected chi connectivity index (χ1v) is 5.74. The number of amides is 1. The van der Waals surface area contributed by atoms with Crippen LogP contribution < -0.4 is 11.3 Å². The van der Waals surface area contributed by atoms with Gasteiger partial charge in [0.05, 0.1) is 5.25 Å². The molecule has 0 bridgehead atoms. The Labute approximate surface area is 90.6 Å². The van der Waals surface area contributed by atoms with Crippen LogP contribution in [0.25, 0.3) is 0 Å². The van der Waals surface area contributed by atoms with Crippen molar-refractivity contribution in [2.24, 2.45) is 11.8 Å². The Morgan fingerprint density at radius 3 is 2.86 bits per heavy atom. The van der Waals surface area contributed by atoms with Crippen LogP contribution in [0.4, 0.5) is 0 Å². The third-order valence-corrected chi connectivity index (χ3v) is 3.87. The van der Waals surface area contributed by atoms with E-state index in [0.29, 0.717) is 0 Å². The van der Waals surface area contributed by atoms with E-state index >= 15 is 0 Å². The molecule has 0 saturated heterocycles. The van der Waals surface area contributed by atoms with Gasteiger partial charge in [-0.3, -0.25) is 10.2 Å². The smallest absolute Gasteiger partial charge is 0.247 e. The van der Waals surface area contributed by atoms with Crippen molar-refractivity contribution in [2.45, 2.75) is 23.4 Å². The first-order valence-electron chi connectivity index (χ1n) is 4.09. The van der Waals surface area contributed by atoms with Crippen molar-refractivity contribution in [2.75, 3.05) is 0 Å². The summed E-state index contributed by atoms with van der Waals surface area (Å²) in [6.45, 7) is 3.93. The number of hydrazine groups is 1. The number of aromatic nitrogens is 2. The molecule has 5 nitrogen and oxygen atoms in total. The Morgan fingerprint density at radius 1 is 1.71 bits per heavy atom. The molecule has 1 amide bonds. The molecule has 7 heteroatoms. The second kappa shape index (κ2) is 5.28. The van der Waals surface area contributed by atoms with Crippen molar-refractivity contribution < 1.29 is 4.79 Å². The van der Waals surface area contributed by atoms with Gasteiger partial charge < -0.3 is 0 Å². The van der Waals surface area contributed by atoms with E-state index in [1.165, 1.54) is 29.6 Å². The van der Waals surface area contributed by atoms with Crippen LogP contribution in [-0.4, -0.2) is 20.5 Å². The molecule has 1 aromatic heterocycles. The zero-order chi connectivity index (χ0) is 10.6. The van der Waals surface area contributed by atoms with E-state index in [4.69, 9.17) is 5.84 Å². The molecule has 0 fully saturated rings. The Bertz CT molecular complexity index is 288. The van der Waals surface area contributed by atoms with Crippen LogP contribution in [0.1, 0.15) is 13.8 Å². The Balaban J connectivity index is 2.65. The van der Waals surface area contributed by atoms with Crippen LogP contribution in [0.3, 0.4) is 0 Å². The van der Waals surface area contributed by atoms with E-state index in [9.17, 15) is 4.79 Å². The summed E-state index contributed by atoms with van der Waals surface area (Å²) in [6.07, 6.45) is 1.48. The molecule has 1 atom stereocenters. The summed E-state index contributed by atoms with van der Waals surface area (Å²) in [7, 11) is 0. The molecule has 0 radical (unpaired) electrons. The van der Waals surface area contributed by atoms with Crippen molar-refractivity contribution in [1.29, 1.82) is 0 Å². The van der Waals surface area contributed by atoms with E-state index in [1.54, 1.807) is 0 Å². The molecule has 0 aliphatic carbocycles. The van der Waals surface area contributed by atoms with Crippen molar-refractivity contribution in [3.05, 3.63) is 6.33 Å². The van der Waals surface area contributed by atoms with Crippen LogP contribution >= 0.6 is 23.3 Å². The van der Waals surface area contributed by atoms with Gasteiger partial charge in [0.1, 0.15) is 6.33 Å². The molecule has 14 heavy (non-hydrogen) atoms. The van der Waals surface area contributed by atoms with Gasteiger partial charge in [-0.2, -0.15) is 4.37 Å². The van der Waals surface area contributed by atoms with Gasteiger partial charge in [-0.05, 0) is 17.5 Å².